The Morgan fingerprint density at radius 2 is 2.19 bits per heavy atom. The van der Waals surface area contributed by atoms with E-state index >= 15 is 0 Å². The van der Waals surface area contributed by atoms with Crippen molar-refractivity contribution in [1.29, 1.82) is 0 Å². The van der Waals surface area contributed by atoms with Gasteiger partial charge in [0.15, 0.2) is 0 Å². The number of hydrogen-bond acceptors (Lipinski definition) is 4. The summed E-state index contributed by atoms with van der Waals surface area (Å²) in [5.74, 6) is -0.121. The average molecular weight is 269 g/mol. The number of nitrogens with zero attached hydrogens (tertiary/aromatic N) is 1. The summed E-state index contributed by atoms with van der Waals surface area (Å²) in [5, 5.41) is 10.4. The number of ether oxygens (including phenoxy) is 1. The zero-order valence-electron chi connectivity index (χ0n) is 8.82. The Labute approximate surface area is 129 Å². The predicted octanol–water partition coefficient (Wildman–Crippen LogP) is 0.462. The number of aromatic nitrogens is 1. The topological polar surface area (TPSA) is 62.2 Å². The summed E-state index contributed by atoms with van der Waals surface area (Å²) in [6.45, 7) is 0.555. The van der Waals surface area contributed by atoms with Crippen LogP contribution >= 0.6 is 11.6 Å². The maximum atomic E-state index is 10.4. The van der Waals surface area contributed by atoms with E-state index < -0.39 is 5.97 Å². The van der Waals surface area contributed by atoms with Crippen molar-refractivity contribution in [3.05, 3.63) is 24.0 Å². The van der Waals surface area contributed by atoms with E-state index in [9.17, 15) is 9.90 Å². The first-order valence-corrected chi connectivity index (χ1v) is 5.13. The van der Waals surface area contributed by atoms with E-state index in [0.29, 0.717) is 18.2 Å². The van der Waals surface area contributed by atoms with Crippen LogP contribution in [0.3, 0.4) is 0 Å². The van der Waals surface area contributed by atoms with Gasteiger partial charge < -0.3 is 14.6 Å². The van der Waals surface area contributed by atoms with E-state index in [2.05, 4.69) is 4.98 Å². The van der Waals surface area contributed by atoms with Crippen molar-refractivity contribution in [3.8, 4) is 5.75 Å². The van der Waals surface area contributed by atoms with Crippen LogP contribution in [0.5, 0.6) is 5.75 Å². The van der Waals surface area contributed by atoms with Crippen LogP contribution in [0.25, 0.3) is 0 Å². The van der Waals surface area contributed by atoms with Crippen molar-refractivity contribution >= 4 is 55.3 Å². The Balaban J connectivity index is 0.00000225. The number of alkyl halides is 1. The van der Waals surface area contributed by atoms with Crippen molar-refractivity contribution in [3.63, 3.8) is 0 Å². The van der Waals surface area contributed by atoms with Crippen LogP contribution in [0.2, 0.25) is 0 Å². The maximum absolute atomic E-state index is 10.4. The molecule has 82 valence electrons. The first-order chi connectivity index (χ1) is 7.24. The number of halogens is 1. The van der Waals surface area contributed by atoms with Crippen molar-refractivity contribution in [2.24, 2.45) is 0 Å². The van der Waals surface area contributed by atoms with E-state index in [4.69, 9.17) is 16.3 Å². The van der Waals surface area contributed by atoms with Gasteiger partial charge in [0.05, 0.1) is 24.5 Å². The van der Waals surface area contributed by atoms with Gasteiger partial charge in [0, 0.05) is 5.88 Å². The number of carboxylic acid groups (broad SMARTS) is 1. The van der Waals surface area contributed by atoms with Crippen LogP contribution < -0.4 is 9.84 Å². The normalized spacial score (nSPS) is 9.31. The van der Waals surface area contributed by atoms with Crippen LogP contribution in [0.15, 0.2) is 18.3 Å². The molecule has 0 fully saturated rings. The van der Waals surface area contributed by atoms with E-state index in [0.717, 1.165) is 12.8 Å². The molecule has 0 unspecified atom stereocenters. The molecule has 0 atom stereocenters. The molecule has 4 nitrogen and oxygen atoms in total. The molecule has 1 aromatic heterocycles. The minimum atomic E-state index is -1.29. The Bertz CT molecular complexity index is 318. The Kier molecular flexibility index (Phi) is 9.03. The smallest absolute Gasteiger partial charge is 0.543 e. The van der Waals surface area contributed by atoms with E-state index in [1.807, 2.05) is 0 Å². The fourth-order valence-electron chi connectivity index (χ4n) is 0.973. The number of carbonyl (C=O) groups is 1. The second-order valence-corrected chi connectivity index (χ2v) is 3.29. The fraction of sp³-hybridized carbons (Fsp3) is 0.400. The molecule has 1 rings (SSSR count). The number of rotatable bonds is 6. The molecule has 1 aromatic rings. The molecule has 0 bridgehead atoms. The van der Waals surface area contributed by atoms with E-state index in [-0.39, 0.29) is 43.4 Å². The number of carboxylic acids is 1. The van der Waals surface area contributed by atoms with Gasteiger partial charge >= 0.3 is 37.7 Å². The monoisotopic (exact) mass is 268 g/mol. The summed E-state index contributed by atoms with van der Waals surface area (Å²) in [6.07, 6.45) is 3.13. The molecule has 0 spiro atoms. The zero-order valence-corrected chi connectivity index (χ0v) is 11.8. The number of unbranched alkanes of at least 4 members (excludes halogenated alkanes) is 1. The van der Waals surface area contributed by atoms with Crippen molar-refractivity contribution in [1.82, 2.24) is 4.98 Å². The van der Waals surface area contributed by atoms with Crippen LogP contribution in [-0.2, 0) is 0 Å². The van der Waals surface area contributed by atoms with Crippen LogP contribution in [-0.4, -0.2) is 61.2 Å². The Hall–Kier alpha value is -0.0303. The third-order valence-corrected chi connectivity index (χ3v) is 2.01. The minimum absolute atomic E-state index is 0. The first-order valence-electron chi connectivity index (χ1n) is 4.60. The van der Waals surface area contributed by atoms with Gasteiger partial charge in [-0.1, -0.05) is 0 Å². The number of pyridine rings is 1. The first kappa shape index (κ1) is 16.0. The molecule has 1 heterocycles. The molecule has 16 heavy (non-hydrogen) atoms. The number of carbonyl (C=O) groups excluding carboxylic acids is 1. The van der Waals surface area contributed by atoms with E-state index in [1.165, 1.54) is 12.3 Å². The Morgan fingerprint density at radius 3 is 2.69 bits per heavy atom. The molecule has 0 N–H and O–H groups in total. The summed E-state index contributed by atoms with van der Waals surface area (Å²) in [4.78, 5) is 14.0. The number of aromatic carboxylic acids is 1. The van der Waals surface area contributed by atoms with Gasteiger partial charge in [0.2, 0.25) is 0 Å². The predicted molar refractivity (Wildman–Crippen MR) is 59.8 cm³/mol. The standard InChI is InChI=1S/C10H12ClNO3.Ca/c11-5-1-2-6-15-8-3-4-9(10(13)14)12-7-8;/h3-4,7H,1-2,5-6H2,(H,13,14);/q;+2/p-1. The SMILES string of the molecule is O=C([O-])c1ccc(OCCCCCl)cn1.[Ca+2]. The van der Waals surface area contributed by atoms with Gasteiger partial charge in [-0.05, 0) is 25.0 Å². The van der Waals surface area contributed by atoms with Crippen molar-refractivity contribution in [2.75, 3.05) is 12.5 Å². The largest absolute Gasteiger partial charge is 2.00 e. The van der Waals surface area contributed by atoms with E-state index in [1.54, 1.807) is 6.07 Å². The molecule has 0 aliphatic heterocycles. The minimum Gasteiger partial charge on any atom is -0.543 e. The van der Waals surface area contributed by atoms with Crippen LogP contribution in [0, 0.1) is 0 Å². The maximum Gasteiger partial charge on any atom is 2.00 e. The van der Waals surface area contributed by atoms with Gasteiger partial charge in [-0.3, -0.25) is 4.98 Å². The van der Waals surface area contributed by atoms with Gasteiger partial charge in [0.1, 0.15) is 5.75 Å². The fourth-order valence-corrected chi connectivity index (χ4v) is 1.16. The molecule has 0 amide bonds. The summed E-state index contributed by atoms with van der Waals surface area (Å²) >= 11 is 5.50. The molecular weight excluding hydrogens is 258 g/mol. The summed E-state index contributed by atoms with van der Waals surface area (Å²) < 4.78 is 5.31. The molecule has 0 aliphatic rings. The summed E-state index contributed by atoms with van der Waals surface area (Å²) in [6, 6.07) is 2.91. The summed E-state index contributed by atoms with van der Waals surface area (Å²) in [5.41, 5.74) is -0.0943. The second kappa shape index (κ2) is 9.05. The third-order valence-electron chi connectivity index (χ3n) is 1.74. The quantitative estimate of drug-likeness (QED) is 0.427. The van der Waals surface area contributed by atoms with Crippen molar-refractivity contribution in [2.45, 2.75) is 12.8 Å². The van der Waals surface area contributed by atoms with Gasteiger partial charge in [-0.15, -0.1) is 11.6 Å². The molecule has 6 heteroatoms. The Morgan fingerprint density at radius 1 is 1.44 bits per heavy atom. The summed E-state index contributed by atoms with van der Waals surface area (Å²) in [7, 11) is 0. The van der Waals surface area contributed by atoms with Crippen LogP contribution in [0.1, 0.15) is 23.3 Å². The second-order valence-electron chi connectivity index (χ2n) is 2.91. The average Bonchev–Trinajstić information content (AvgIpc) is 2.25. The third kappa shape index (κ3) is 5.89. The molecule has 0 aromatic carbocycles. The van der Waals surface area contributed by atoms with Gasteiger partial charge in [-0.25, -0.2) is 0 Å². The van der Waals surface area contributed by atoms with Gasteiger partial charge in [0.25, 0.3) is 0 Å². The zero-order chi connectivity index (χ0) is 11.1. The number of hydrogen-bond donors (Lipinski definition) is 0. The van der Waals surface area contributed by atoms with Gasteiger partial charge in [-0.2, -0.15) is 0 Å². The molecule has 0 radical (unpaired) electrons. The van der Waals surface area contributed by atoms with Crippen molar-refractivity contribution < 1.29 is 14.6 Å². The molecule has 0 aliphatic carbocycles. The molecular formula is C10H11CaClNO3+. The molecule has 0 saturated heterocycles. The molecule has 0 saturated carbocycles. The van der Waals surface area contributed by atoms with Crippen LogP contribution in [0.4, 0.5) is 0 Å².